The summed E-state index contributed by atoms with van der Waals surface area (Å²) in [5.41, 5.74) is 1.43. The highest BCUT2D eigenvalue weighted by Crippen LogP contribution is 2.51. The molecule has 1 spiro atoms. The first-order valence-electron chi connectivity index (χ1n) is 7.38. The van der Waals surface area contributed by atoms with Crippen molar-refractivity contribution >= 4 is 0 Å². The number of hydrogen-bond donors (Lipinski definition) is 0. The Morgan fingerprint density at radius 3 is 2.58 bits per heavy atom. The molecule has 19 heavy (non-hydrogen) atoms. The van der Waals surface area contributed by atoms with Gasteiger partial charge in [0.25, 0.3) is 0 Å². The van der Waals surface area contributed by atoms with Crippen LogP contribution in [0.4, 0.5) is 0 Å². The lowest BCUT2D eigenvalue weighted by atomic mass is 9.72. The van der Waals surface area contributed by atoms with Crippen molar-refractivity contribution in [3.8, 4) is 0 Å². The summed E-state index contributed by atoms with van der Waals surface area (Å²) in [6, 6.07) is 10.9. The van der Waals surface area contributed by atoms with E-state index in [1.54, 1.807) is 0 Å². The Morgan fingerprint density at radius 1 is 1.00 bits per heavy atom. The second-order valence-electron chi connectivity index (χ2n) is 6.00. The Kier molecular flexibility index (Phi) is 2.75. The summed E-state index contributed by atoms with van der Waals surface area (Å²) < 4.78 is 11.8. The van der Waals surface area contributed by atoms with Gasteiger partial charge >= 0.3 is 0 Å². The lowest BCUT2D eigenvalue weighted by Crippen LogP contribution is -2.40. The first-order valence-corrected chi connectivity index (χ1v) is 7.38. The van der Waals surface area contributed by atoms with Gasteiger partial charge in [0.05, 0.1) is 13.2 Å². The Morgan fingerprint density at radius 2 is 1.79 bits per heavy atom. The third-order valence-electron chi connectivity index (χ3n) is 4.98. The lowest BCUT2D eigenvalue weighted by Gasteiger charge is -2.40. The zero-order chi connectivity index (χ0) is 12.7. The zero-order valence-corrected chi connectivity index (χ0v) is 11.1. The second kappa shape index (κ2) is 4.46. The van der Waals surface area contributed by atoms with E-state index in [2.05, 4.69) is 42.5 Å². The number of benzene rings is 1. The first-order chi connectivity index (χ1) is 9.36. The Bertz CT molecular complexity index is 473. The average Bonchev–Trinajstić information content (AvgIpc) is 3.07. The molecule has 4 rings (SSSR count). The molecular weight excluding hydrogens is 236 g/mol. The van der Waals surface area contributed by atoms with Crippen LogP contribution in [0.5, 0.6) is 0 Å². The van der Waals surface area contributed by atoms with Crippen molar-refractivity contribution in [2.24, 2.45) is 11.8 Å². The van der Waals surface area contributed by atoms with E-state index in [1.165, 1.54) is 12.0 Å². The molecule has 3 atom stereocenters. The third kappa shape index (κ3) is 1.94. The molecule has 0 N–H and O–H groups in total. The van der Waals surface area contributed by atoms with E-state index in [9.17, 15) is 0 Å². The minimum Gasteiger partial charge on any atom is -0.348 e. The van der Waals surface area contributed by atoms with Crippen LogP contribution in [0, 0.1) is 11.8 Å². The van der Waals surface area contributed by atoms with Gasteiger partial charge in [0, 0.05) is 18.8 Å². The molecular formula is C17H20O2. The average molecular weight is 256 g/mol. The third-order valence-corrected chi connectivity index (χ3v) is 4.98. The molecule has 1 aliphatic heterocycles. The van der Waals surface area contributed by atoms with Crippen molar-refractivity contribution < 1.29 is 9.47 Å². The summed E-state index contributed by atoms with van der Waals surface area (Å²) in [5.74, 6) is 1.63. The summed E-state index contributed by atoms with van der Waals surface area (Å²) >= 11 is 0. The monoisotopic (exact) mass is 256 g/mol. The van der Waals surface area contributed by atoms with E-state index in [0.717, 1.165) is 26.1 Å². The van der Waals surface area contributed by atoms with Crippen molar-refractivity contribution in [3.05, 3.63) is 48.0 Å². The fourth-order valence-electron chi connectivity index (χ4n) is 4.04. The van der Waals surface area contributed by atoms with Crippen LogP contribution in [0.2, 0.25) is 0 Å². The van der Waals surface area contributed by atoms with Crippen LogP contribution < -0.4 is 0 Å². The standard InChI is InChI=1S/C17H20O2/c1-2-4-13(5-3-1)15-7-6-14-8-9-17(12-16(14)15)18-10-11-19-17/h1-7,14-16H,8-12H2/t14-,15-,16+/m0/s1. The van der Waals surface area contributed by atoms with Crippen LogP contribution in [-0.2, 0) is 9.47 Å². The summed E-state index contributed by atoms with van der Waals surface area (Å²) in [6.45, 7) is 1.53. The molecule has 1 saturated heterocycles. The van der Waals surface area contributed by atoms with Crippen LogP contribution in [0.25, 0.3) is 0 Å². The molecule has 0 aromatic heterocycles. The van der Waals surface area contributed by atoms with E-state index in [1.807, 2.05) is 0 Å². The number of allylic oxidation sites excluding steroid dienone is 2. The van der Waals surface area contributed by atoms with Crippen molar-refractivity contribution in [1.29, 1.82) is 0 Å². The molecule has 1 aromatic rings. The Hall–Kier alpha value is -1.12. The Labute approximate surface area is 114 Å². The fourth-order valence-corrected chi connectivity index (χ4v) is 4.04. The van der Waals surface area contributed by atoms with Gasteiger partial charge in [-0.15, -0.1) is 0 Å². The molecule has 1 saturated carbocycles. The highest BCUT2D eigenvalue weighted by molar-refractivity contribution is 5.29. The van der Waals surface area contributed by atoms with Gasteiger partial charge in [-0.1, -0.05) is 42.5 Å². The minimum atomic E-state index is -0.264. The van der Waals surface area contributed by atoms with Crippen LogP contribution in [-0.4, -0.2) is 19.0 Å². The molecule has 2 heteroatoms. The van der Waals surface area contributed by atoms with E-state index >= 15 is 0 Å². The fraction of sp³-hybridized carbons (Fsp3) is 0.529. The van der Waals surface area contributed by atoms with E-state index < -0.39 is 0 Å². The largest absolute Gasteiger partial charge is 0.348 e. The summed E-state index contributed by atoms with van der Waals surface area (Å²) in [7, 11) is 0. The molecule has 1 heterocycles. The molecule has 2 aliphatic carbocycles. The molecule has 1 aromatic carbocycles. The predicted molar refractivity (Wildman–Crippen MR) is 73.8 cm³/mol. The number of rotatable bonds is 1. The van der Waals surface area contributed by atoms with Crippen molar-refractivity contribution in [2.45, 2.75) is 31.0 Å². The highest BCUT2D eigenvalue weighted by Gasteiger charge is 2.48. The van der Waals surface area contributed by atoms with Gasteiger partial charge < -0.3 is 9.47 Å². The summed E-state index contributed by atoms with van der Waals surface area (Å²) in [4.78, 5) is 0. The molecule has 2 nitrogen and oxygen atoms in total. The molecule has 0 unspecified atom stereocenters. The van der Waals surface area contributed by atoms with Crippen molar-refractivity contribution in [2.75, 3.05) is 13.2 Å². The van der Waals surface area contributed by atoms with E-state index in [-0.39, 0.29) is 5.79 Å². The van der Waals surface area contributed by atoms with Gasteiger partial charge in [0.1, 0.15) is 0 Å². The quantitative estimate of drug-likeness (QED) is 0.716. The van der Waals surface area contributed by atoms with Gasteiger partial charge in [0.2, 0.25) is 0 Å². The van der Waals surface area contributed by atoms with Gasteiger partial charge in [0.15, 0.2) is 5.79 Å². The molecule has 100 valence electrons. The number of hydrogen-bond acceptors (Lipinski definition) is 2. The summed E-state index contributed by atoms with van der Waals surface area (Å²) in [5, 5.41) is 0. The maximum absolute atomic E-state index is 5.92. The predicted octanol–water partition coefficient (Wildman–Crippen LogP) is 3.50. The molecule has 0 radical (unpaired) electrons. The molecule has 3 aliphatic rings. The maximum atomic E-state index is 5.92. The van der Waals surface area contributed by atoms with Crippen LogP contribution in [0.3, 0.4) is 0 Å². The van der Waals surface area contributed by atoms with Gasteiger partial charge in [-0.25, -0.2) is 0 Å². The van der Waals surface area contributed by atoms with Crippen molar-refractivity contribution in [1.82, 2.24) is 0 Å². The first kappa shape index (κ1) is 11.7. The second-order valence-corrected chi connectivity index (χ2v) is 6.00. The smallest absolute Gasteiger partial charge is 0.168 e. The Balaban J connectivity index is 1.60. The minimum absolute atomic E-state index is 0.264. The number of ether oxygens (including phenoxy) is 2. The SMILES string of the molecule is C1=C[C@@H](c2ccccc2)[C@@H]2CC3(CC[C@H]12)OCCO3. The number of fused-ring (bicyclic) bond motifs is 1. The van der Waals surface area contributed by atoms with E-state index in [4.69, 9.17) is 9.47 Å². The molecule has 2 fully saturated rings. The molecule has 0 amide bonds. The van der Waals surface area contributed by atoms with Crippen LogP contribution >= 0.6 is 0 Å². The summed E-state index contributed by atoms with van der Waals surface area (Å²) in [6.07, 6.45) is 8.12. The molecule has 0 bridgehead atoms. The van der Waals surface area contributed by atoms with Crippen LogP contribution in [0.1, 0.15) is 30.7 Å². The highest BCUT2D eigenvalue weighted by atomic mass is 16.7. The van der Waals surface area contributed by atoms with Gasteiger partial charge in [-0.3, -0.25) is 0 Å². The lowest BCUT2D eigenvalue weighted by molar-refractivity contribution is -0.191. The topological polar surface area (TPSA) is 18.5 Å². The van der Waals surface area contributed by atoms with Gasteiger partial charge in [-0.05, 0) is 23.8 Å². The maximum Gasteiger partial charge on any atom is 0.168 e. The van der Waals surface area contributed by atoms with E-state index in [0.29, 0.717) is 17.8 Å². The normalized spacial score (nSPS) is 35.7. The van der Waals surface area contributed by atoms with Crippen LogP contribution in [0.15, 0.2) is 42.5 Å². The zero-order valence-electron chi connectivity index (χ0n) is 11.1. The van der Waals surface area contributed by atoms with Crippen molar-refractivity contribution in [3.63, 3.8) is 0 Å². The van der Waals surface area contributed by atoms with Gasteiger partial charge in [-0.2, -0.15) is 0 Å².